The van der Waals surface area contributed by atoms with Crippen molar-refractivity contribution in [2.45, 2.75) is 37.4 Å². The van der Waals surface area contributed by atoms with Crippen LogP contribution in [0.4, 0.5) is 4.39 Å². The summed E-state index contributed by atoms with van der Waals surface area (Å²) in [7, 11) is -3.83. The number of hydrogen-bond acceptors (Lipinski definition) is 6. The number of carbonyl (C=O) groups is 1. The Labute approximate surface area is 181 Å². The zero-order valence-corrected chi connectivity index (χ0v) is 18.3. The van der Waals surface area contributed by atoms with E-state index in [1.165, 1.54) is 24.3 Å². The molecular formula is C21H27FN4O4S. The van der Waals surface area contributed by atoms with Crippen LogP contribution in [0.25, 0.3) is 0 Å². The van der Waals surface area contributed by atoms with Gasteiger partial charge in [0.15, 0.2) is 0 Å². The number of nitrogens with one attached hydrogen (secondary N) is 3. The Kier molecular flexibility index (Phi) is 7.60. The second-order valence-electron chi connectivity index (χ2n) is 7.09. The standard InChI is InChI=1S/C21H27FN4O4S/c1-3-26(31(28,29)18-10-8-17(9-11-18)30-4-2)14-21(27)23-20-13-19(24-25-20)15-6-5-7-16(22)12-15/h5-12,19-20,24-25H,3-4,13-14H2,1-2H3,(H,23,27). The van der Waals surface area contributed by atoms with Crippen LogP contribution in [0, 0.1) is 5.82 Å². The highest BCUT2D eigenvalue weighted by atomic mass is 32.2. The Morgan fingerprint density at radius 2 is 1.94 bits per heavy atom. The number of likely N-dealkylation sites (N-methyl/N-ethyl adjacent to an activating group) is 1. The van der Waals surface area contributed by atoms with Gasteiger partial charge in [0.25, 0.3) is 0 Å². The van der Waals surface area contributed by atoms with Crippen molar-refractivity contribution in [3.05, 3.63) is 59.9 Å². The molecule has 10 heteroatoms. The van der Waals surface area contributed by atoms with Crippen molar-refractivity contribution in [3.8, 4) is 5.75 Å². The monoisotopic (exact) mass is 450 g/mol. The summed E-state index contributed by atoms with van der Waals surface area (Å²) in [5, 5.41) is 2.78. The van der Waals surface area contributed by atoms with E-state index < -0.39 is 22.1 Å². The fraction of sp³-hybridized carbons (Fsp3) is 0.381. The quantitative estimate of drug-likeness (QED) is 0.540. The lowest BCUT2D eigenvalue weighted by atomic mass is 10.0. The van der Waals surface area contributed by atoms with Gasteiger partial charge in [-0.15, -0.1) is 0 Å². The molecule has 0 aromatic heterocycles. The number of halogens is 1. The van der Waals surface area contributed by atoms with Crippen LogP contribution < -0.4 is 20.9 Å². The van der Waals surface area contributed by atoms with Crippen LogP contribution in [0.2, 0.25) is 0 Å². The third-order valence-electron chi connectivity index (χ3n) is 4.93. The maximum absolute atomic E-state index is 13.4. The number of hydrogen-bond donors (Lipinski definition) is 3. The van der Waals surface area contributed by atoms with Gasteiger partial charge >= 0.3 is 0 Å². The minimum atomic E-state index is -3.83. The average molecular weight is 451 g/mol. The topological polar surface area (TPSA) is 99.8 Å². The molecule has 0 aliphatic carbocycles. The number of nitrogens with zero attached hydrogens (tertiary/aromatic N) is 1. The first-order chi connectivity index (χ1) is 14.8. The van der Waals surface area contributed by atoms with Crippen molar-refractivity contribution >= 4 is 15.9 Å². The van der Waals surface area contributed by atoms with Gasteiger partial charge in [0.1, 0.15) is 11.6 Å². The van der Waals surface area contributed by atoms with E-state index in [4.69, 9.17) is 4.74 Å². The molecule has 2 atom stereocenters. The predicted octanol–water partition coefficient (Wildman–Crippen LogP) is 1.92. The maximum Gasteiger partial charge on any atom is 0.243 e. The van der Waals surface area contributed by atoms with E-state index >= 15 is 0 Å². The summed E-state index contributed by atoms with van der Waals surface area (Å²) < 4.78 is 45.7. The molecule has 1 heterocycles. The van der Waals surface area contributed by atoms with E-state index in [1.54, 1.807) is 31.2 Å². The van der Waals surface area contributed by atoms with Gasteiger partial charge in [-0.2, -0.15) is 4.31 Å². The largest absolute Gasteiger partial charge is 0.494 e. The molecule has 2 aromatic carbocycles. The number of hydrazine groups is 1. The summed E-state index contributed by atoms with van der Waals surface area (Å²) in [5.41, 5.74) is 6.73. The predicted molar refractivity (Wildman–Crippen MR) is 114 cm³/mol. The number of rotatable bonds is 9. The van der Waals surface area contributed by atoms with Gasteiger partial charge in [0, 0.05) is 19.0 Å². The molecule has 3 rings (SSSR count). The lowest BCUT2D eigenvalue weighted by Crippen LogP contribution is -2.48. The second-order valence-corrected chi connectivity index (χ2v) is 9.03. The number of ether oxygens (including phenoxy) is 1. The van der Waals surface area contributed by atoms with Crippen molar-refractivity contribution in [1.29, 1.82) is 0 Å². The van der Waals surface area contributed by atoms with Gasteiger partial charge < -0.3 is 10.1 Å². The lowest BCUT2D eigenvalue weighted by molar-refractivity contribution is -0.122. The molecule has 8 nitrogen and oxygen atoms in total. The smallest absolute Gasteiger partial charge is 0.243 e. The molecule has 1 aliphatic heterocycles. The number of benzene rings is 2. The lowest BCUT2D eigenvalue weighted by Gasteiger charge is -2.21. The number of carbonyl (C=O) groups excluding carboxylic acids is 1. The van der Waals surface area contributed by atoms with Gasteiger partial charge in [0.2, 0.25) is 15.9 Å². The van der Waals surface area contributed by atoms with Crippen LogP contribution in [-0.4, -0.2) is 44.5 Å². The first-order valence-electron chi connectivity index (χ1n) is 10.1. The van der Waals surface area contributed by atoms with Crippen molar-refractivity contribution in [2.24, 2.45) is 0 Å². The Hall–Kier alpha value is -2.53. The normalized spacial score (nSPS) is 18.8. The van der Waals surface area contributed by atoms with E-state index in [0.717, 1.165) is 9.87 Å². The number of sulfonamides is 1. The molecule has 0 saturated carbocycles. The highest BCUT2D eigenvalue weighted by molar-refractivity contribution is 7.89. The first kappa shape index (κ1) is 23.1. The van der Waals surface area contributed by atoms with Gasteiger partial charge in [-0.25, -0.2) is 23.7 Å². The van der Waals surface area contributed by atoms with Gasteiger partial charge in [-0.1, -0.05) is 19.1 Å². The van der Waals surface area contributed by atoms with Crippen LogP contribution in [0.15, 0.2) is 53.4 Å². The van der Waals surface area contributed by atoms with Crippen molar-refractivity contribution < 1.29 is 22.3 Å². The Morgan fingerprint density at radius 1 is 1.19 bits per heavy atom. The fourth-order valence-corrected chi connectivity index (χ4v) is 4.79. The van der Waals surface area contributed by atoms with Crippen LogP contribution in [0.1, 0.15) is 31.9 Å². The molecule has 1 amide bonds. The Balaban J connectivity index is 1.59. The summed E-state index contributed by atoms with van der Waals surface area (Å²) in [6.45, 7) is 3.84. The molecule has 31 heavy (non-hydrogen) atoms. The van der Waals surface area contributed by atoms with Crippen LogP contribution in [0.3, 0.4) is 0 Å². The molecule has 0 spiro atoms. The molecule has 2 unspecified atom stereocenters. The highest BCUT2D eigenvalue weighted by Gasteiger charge is 2.29. The Bertz CT molecular complexity index is 1000. The zero-order valence-electron chi connectivity index (χ0n) is 17.5. The van der Waals surface area contributed by atoms with Crippen molar-refractivity contribution in [1.82, 2.24) is 20.5 Å². The fourth-order valence-electron chi connectivity index (χ4n) is 3.38. The molecule has 168 valence electrons. The summed E-state index contributed by atoms with van der Waals surface area (Å²) >= 11 is 0. The molecule has 1 fully saturated rings. The van der Waals surface area contributed by atoms with Crippen LogP contribution >= 0.6 is 0 Å². The maximum atomic E-state index is 13.4. The third-order valence-corrected chi connectivity index (χ3v) is 6.87. The van der Waals surface area contributed by atoms with E-state index in [0.29, 0.717) is 18.8 Å². The molecule has 0 radical (unpaired) electrons. The van der Waals surface area contributed by atoms with Gasteiger partial charge in [-0.3, -0.25) is 4.79 Å². The third kappa shape index (κ3) is 5.79. The van der Waals surface area contributed by atoms with E-state index in [9.17, 15) is 17.6 Å². The summed E-state index contributed by atoms with van der Waals surface area (Å²) in [4.78, 5) is 12.6. The first-order valence-corrected chi connectivity index (χ1v) is 11.6. The molecule has 2 aromatic rings. The minimum Gasteiger partial charge on any atom is -0.494 e. The summed E-state index contributed by atoms with van der Waals surface area (Å²) in [5.74, 6) is -0.185. The number of amides is 1. The molecule has 3 N–H and O–H groups in total. The molecule has 1 aliphatic rings. The van der Waals surface area contributed by atoms with Crippen LogP contribution in [0.5, 0.6) is 5.75 Å². The molecule has 1 saturated heterocycles. The SMILES string of the molecule is CCOc1ccc(S(=O)(=O)N(CC)CC(=O)NC2CC(c3cccc(F)c3)NN2)cc1. The van der Waals surface area contributed by atoms with Gasteiger partial charge in [0.05, 0.1) is 24.2 Å². The highest BCUT2D eigenvalue weighted by Crippen LogP contribution is 2.22. The second kappa shape index (κ2) is 10.2. The summed E-state index contributed by atoms with van der Waals surface area (Å²) in [6, 6.07) is 12.2. The summed E-state index contributed by atoms with van der Waals surface area (Å²) in [6.07, 6.45) is 0.0834. The van der Waals surface area contributed by atoms with E-state index in [1.807, 2.05) is 6.92 Å². The minimum absolute atomic E-state index is 0.0948. The zero-order chi connectivity index (χ0) is 22.4. The molecular weight excluding hydrogens is 423 g/mol. The van der Waals surface area contributed by atoms with Crippen LogP contribution in [-0.2, 0) is 14.8 Å². The van der Waals surface area contributed by atoms with Crippen molar-refractivity contribution in [2.75, 3.05) is 19.7 Å². The van der Waals surface area contributed by atoms with Gasteiger partial charge in [-0.05, 0) is 48.9 Å². The van der Waals surface area contributed by atoms with E-state index in [2.05, 4.69) is 16.2 Å². The molecule has 0 bridgehead atoms. The van der Waals surface area contributed by atoms with E-state index in [-0.39, 0.29) is 29.8 Å². The average Bonchev–Trinajstić information content (AvgIpc) is 3.21. The van der Waals surface area contributed by atoms with Crippen molar-refractivity contribution in [3.63, 3.8) is 0 Å². The Morgan fingerprint density at radius 3 is 2.58 bits per heavy atom.